The predicted molar refractivity (Wildman–Crippen MR) is 40.3 cm³/mol. The zero-order valence-corrected chi connectivity index (χ0v) is 6.60. The highest BCUT2D eigenvalue weighted by molar-refractivity contribution is 5.22. The lowest BCUT2D eigenvalue weighted by Crippen LogP contribution is -2.13. The molecule has 13 heavy (non-hydrogen) atoms. The largest absolute Gasteiger partial charge is 0.387 e. The Labute approximate surface area is 72.8 Å². The average molecular weight is 191 g/mol. The molecule has 0 amide bonds. The van der Waals surface area contributed by atoms with E-state index in [4.69, 9.17) is 10.8 Å². The summed E-state index contributed by atoms with van der Waals surface area (Å²) in [5, 5.41) is 9.07. The Bertz CT molecular complexity index is 317. The molecular formula is C8H8F3NO. The quantitative estimate of drug-likeness (QED) is 0.687. The third-order valence-corrected chi connectivity index (χ3v) is 1.62. The Morgan fingerprint density at radius 2 is 1.69 bits per heavy atom. The van der Waals surface area contributed by atoms with Crippen molar-refractivity contribution in [3.63, 3.8) is 0 Å². The molecule has 0 spiro atoms. The van der Waals surface area contributed by atoms with Gasteiger partial charge in [0.25, 0.3) is 0 Å². The summed E-state index contributed by atoms with van der Waals surface area (Å²) in [7, 11) is 0. The summed E-state index contributed by atoms with van der Waals surface area (Å²) in [6.07, 6.45) is -1.31. The van der Waals surface area contributed by atoms with Crippen molar-refractivity contribution < 1.29 is 18.3 Å². The third kappa shape index (κ3) is 1.99. The van der Waals surface area contributed by atoms with Crippen molar-refractivity contribution in [3.8, 4) is 0 Å². The van der Waals surface area contributed by atoms with Crippen LogP contribution in [0.2, 0.25) is 0 Å². The number of nitrogens with two attached hydrogens (primary N) is 1. The number of hydrogen-bond donors (Lipinski definition) is 2. The summed E-state index contributed by atoms with van der Waals surface area (Å²) in [4.78, 5) is 0. The van der Waals surface area contributed by atoms with Gasteiger partial charge in [0, 0.05) is 18.2 Å². The number of aliphatic hydroxyl groups is 1. The molecule has 3 N–H and O–H groups in total. The fourth-order valence-electron chi connectivity index (χ4n) is 0.920. The highest BCUT2D eigenvalue weighted by atomic mass is 19.2. The van der Waals surface area contributed by atoms with E-state index in [1.807, 2.05) is 0 Å². The summed E-state index contributed by atoms with van der Waals surface area (Å²) in [5.74, 6) is -3.49. The fourth-order valence-corrected chi connectivity index (χ4v) is 0.920. The van der Waals surface area contributed by atoms with Crippen LogP contribution >= 0.6 is 0 Å². The smallest absolute Gasteiger partial charge is 0.161 e. The normalized spacial score (nSPS) is 13.0. The van der Waals surface area contributed by atoms with Crippen LogP contribution in [-0.4, -0.2) is 11.7 Å². The zero-order chi connectivity index (χ0) is 10.0. The van der Waals surface area contributed by atoms with Crippen LogP contribution in [0.5, 0.6) is 0 Å². The number of hydrogen-bond acceptors (Lipinski definition) is 2. The van der Waals surface area contributed by atoms with Gasteiger partial charge in [-0.3, -0.25) is 0 Å². The van der Waals surface area contributed by atoms with Crippen molar-refractivity contribution in [1.82, 2.24) is 0 Å². The number of benzene rings is 1. The van der Waals surface area contributed by atoms with Crippen LogP contribution in [0.25, 0.3) is 0 Å². The van der Waals surface area contributed by atoms with Crippen molar-refractivity contribution >= 4 is 0 Å². The fraction of sp³-hybridized carbons (Fsp3) is 0.250. The van der Waals surface area contributed by atoms with Crippen molar-refractivity contribution in [2.24, 2.45) is 5.73 Å². The molecule has 1 aromatic carbocycles. The summed E-state index contributed by atoms with van der Waals surface area (Å²) < 4.78 is 37.8. The Hall–Kier alpha value is -1.07. The average Bonchev–Trinajstić information content (AvgIpc) is 2.10. The van der Waals surface area contributed by atoms with E-state index in [-0.39, 0.29) is 12.1 Å². The highest BCUT2D eigenvalue weighted by Gasteiger charge is 2.15. The van der Waals surface area contributed by atoms with E-state index in [9.17, 15) is 13.2 Å². The van der Waals surface area contributed by atoms with E-state index in [1.54, 1.807) is 0 Å². The summed E-state index contributed by atoms with van der Waals surface area (Å²) in [5.41, 5.74) is 4.70. The lowest BCUT2D eigenvalue weighted by atomic mass is 10.1. The molecule has 0 heterocycles. The SMILES string of the molecule is NCC(O)c1cc(F)c(F)cc1F. The highest BCUT2D eigenvalue weighted by Crippen LogP contribution is 2.19. The first kappa shape index (κ1) is 10.0. The second-order valence-corrected chi connectivity index (χ2v) is 2.54. The van der Waals surface area contributed by atoms with Gasteiger partial charge in [-0.2, -0.15) is 0 Å². The first-order valence-corrected chi connectivity index (χ1v) is 3.59. The molecule has 1 rings (SSSR count). The standard InChI is InChI=1S/C8H8F3NO/c9-5-2-7(11)6(10)1-4(5)8(13)3-12/h1-2,8,13H,3,12H2. The molecule has 1 aromatic rings. The Morgan fingerprint density at radius 3 is 2.23 bits per heavy atom. The van der Waals surface area contributed by atoms with Crippen molar-refractivity contribution in [3.05, 3.63) is 35.1 Å². The Morgan fingerprint density at radius 1 is 1.15 bits per heavy atom. The predicted octanol–water partition coefficient (Wildman–Crippen LogP) is 1.10. The van der Waals surface area contributed by atoms with Gasteiger partial charge < -0.3 is 10.8 Å². The van der Waals surface area contributed by atoms with Gasteiger partial charge in [-0.05, 0) is 6.07 Å². The van der Waals surface area contributed by atoms with Crippen LogP contribution in [0, 0.1) is 17.5 Å². The maximum atomic E-state index is 12.8. The molecular weight excluding hydrogens is 183 g/mol. The minimum Gasteiger partial charge on any atom is -0.387 e. The van der Waals surface area contributed by atoms with Crippen LogP contribution in [-0.2, 0) is 0 Å². The second kappa shape index (κ2) is 3.76. The number of halogens is 3. The van der Waals surface area contributed by atoms with Gasteiger partial charge in [0.05, 0.1) is 6.10 Å². The van der Waals surface area contributed by atoms with Crippen LogP contribution in [0.4, 0.5) is 13.2 Å². The maximum Gasteiger partial charge on any atom is 0.161 e. The molecule has 0 saturated heterocycles. The lowest BCUT2D eigenvalue weighted by Gasteiger charge is -2.09. The molecule has 5 heteroatoms. The molecule has 0 radical (unpaired) electrons. The van der Waals surface area contributed by atoms with Crippen LogP contribution in [0.1, 0.15) is 11.7 Å². The summed E-state index contributed by atoms with van der Waals surface area (Å²) >= 11 is 0. The van der Waals surface area contributed by atoms with Crippen molar-refractivity contribution in [1.29, 1.82) is 0 Å². The molecule has 0 bridgehead atoms. The molecule has 72 valence electrons. The van der Waals surface area contributed by atoms with Crippen molar-refractivity contribution in [2.75, 3.05) is 6.54 Å². The maximum absolute atomic E-state index is 12.8. The number of rotatable bonds is 2. The Balaban J connectivity index is 3.15. The number of aliphatic hydroxyl groups excluding tert-OH is 1. The van der Waals surface area contributed by atoms with Crippen LogP contribution < -0.4 is 5.73 Å². The van der Waals surface area contributed by atoms with E-state index >= 15 is 0 Å². The van der Waals surface area contributed by atoms with Gasteiger partial charge in [-0.25, -0.2) is 13.2 Å². The molecule has 0 fully saturated rings. The Kier molecular flexibility index (Phi) is 2.90. The van der Waals surface area contributed by atoms with Gasteiger partial charge in [-0.1, -0.05) is 0 Å². The van der Waals surface area contributed by atoms with E-state index in [1.165, 1.54) is 0 Å². The molecule has 0 aliphatic heterocycles. The molecule has 0 aliphatic carbocycles. The topological polar surface area (TPSA) is 46.2 Å². The molecule has 0 aromatic heterocycles. The van der Waals surface area contributed by atoms with E-state index < -0.39 is 23.6 Å². The first-order valence-electron chi connectivity index (χ1n) is 3.59. The first-order chi connectivity index (χ1) is 6.06. The molecule has 0 saturated carbocycles. The van der Waals surface area contributed by atoms with E-state index in [0.29, 0.717) is 12.1 Å². The molecule has 2 nitrogen and oxygen atoms in total. The third-order valence-electron chi connectivity index (χ3n) is 1.62. The molecule has 0 aliphatic rings. The molecule has 1 unspecified atom stereocenters. The summed E-state index contributed by atoms with van der Waals surface area (Å²) in [6, 6.07) is 0.978. The van der Waals surface area contributed by atoms with Crippen molar-refractivity contribution in [2.45, 2.75) is 6.10 Å². The summed E-state index contributed by atoms with van der Waals surface area (Å²) in [6.45, 7) is -0.248. The van der Waals surface area contributed by atoms with Crippen LogP contribution in [0.3, 0.4) is 0 Å². The van der Waals surface area contributed by atoms with Gasteiger partial charge in [0.2, 0.25) is 0 Å². The van der Waals surface area contributed by atoms with Gasteiger partial charge >= 0.3 is 0 Å². The monoisotopic (exact) mass is 191 g/mol. The van der Waals surface area contributed by atoms with Gasteiger partial charge in [0.1, 0.15) is 5.82 Å². The minimum atomic E-state index is -1.31. The van der Waals surface area contributed by atoms with E-state index in [0.717, 1.165) is 0 Å². The van der Waals surface area contributed by atoms with Gasteiger partial charge in [-0.15, -0.1) is 0 Å². The molecule has 1 atom stereocenters. The minimum absolute atomic E-state index is 0.248. The zero-order valence-electron chi connectivity index (χ0n) is 6.60. The van der Waals surface area contributed by atoms with E-state index in [2.05, 4.69) is 0 Å². The lowest BCUT2D eigenvalue weighted by molar-refractivity contribution is 0.181. The van der Waals surface area contributed by atoms with Crippen LogP contribution in [0.15, 0.2) is 12.1 Å². The van der Waals surface area contributed by atoms with Gasteiger partial charge in [0.15, 0.2) is 11.6 Å². The second-order valence-electron chi connectivity index (χ2n) is 2.54.